The van der Waals surface area contributed by atoms with Crippen molar-refractivity contribution in [2.24, 2.45) is 5.92 Å². The Hall–Kier alpha value is -1.35. The second-order valence-corrected chi connectivity index (χ2v) is 4.50. The molecular weight excluding hydrogens is 241 g/mol. The quantitative estimate of drug-likeness (QED) is 0.799. The molecule has 1 aliphatic carbocycles. The molecule has 0 spiro atoms. The number of halogens is 2. The number of benzene rings is 1. The summed E-state index contributed by atoms with van der Waals surface area (Å²) in [6.07, 6.45) is 6.62. The van der Waals surface area contributed by atoms with E-state index in [0.29, 0.717) is 5.69 Å². The fourth-order valence-corrected chi connectivity index (χ4v) is 2.07. The Kier molecular flexibility index (Phi) is 3.79. The van der Waals surface area contributed by atoms with Crippen LogP contribution in [0.5, 0.6) is 0 Å². The van der Waals surface area contributed by atoms with Gasteiger partial charge in [-0.3, -0.25) is 4.79 Å². The van der Waals surface area contributed by atoms with Crippen molar-refractivity contribution in [2.45, 2.75) is 19.3 Å². The third-order valence-corrected chi connectivity index (χ3v) is 3.14. The van der Waals surface area contributed by atoms with Gasteiger partial charge in [-0.15, -0.1) is 0 Å². The molecule has 0 unspecified atom stereocenters. The van der Waals surface area contributed by atoms with Gasteiger partial charge in [0.15, 0.2) is 0 Å². The predicted octanol–water partition coefficient (Wildman–Crippen LogP) is 3.77. The molecule has 0 saturated heterocycles. The van der Waals surface area contributed by atoms with Gasteiger partial charge in [0.05, 0.1) is 10.7 Å². The molecule has 0 fully saturated rings. The first kappa shape index (κ1) is 12.1. The van der Waals surface area contributed by atoms with E-state index in [1.807, 2.05) is 6.08 Å². The molecule has 0 radical (unpaired) electrons. The van der Waals surface area contributed by atoms with Crippen LogP contribution in [0.2, 0.25) is 5.02 Å². The van der Waals surface area contributed by atoms with Crippen LogP contribution in [0, 0.1) is 11.7 Å². The molecular formula is C13H13ClFNO. The third kappa shape index (κ3) is 3.07. The first-order chi connectivity index (χ1) is 8.16. The van der Waals surface area contributed by atoms with Crippen LogP contribution in [-0.2, 0) is 4.79 Å². The van der Waals surface area contributed by atoms with Crippen molar-refractivity contribution in [1.82, 2.24) is 0 Å². The molecule has 0 bridgehead atoms. The molecule has 0 saturated carbocycles. The number of amides is 1. The zero-order valence-corrected chi connectivity index (χ0v) is 10.0. The minimum Gasteiger partial charge on any atom is -0.325 e. The number of hydrogen-bond donors (Lipinski definition) is 1. The van der Waals surface area contributed by atoms with Crippen LogP contribution in [0.3, 0.4) is 0 Å². The van der Waals surface area contributed by atoms with Gasteiger partial charge < -0.3 is 5.32 Å². The summed E-state index contributed by atoms with van der Waals surface area (Å²) in [6, 6.07) is 3.95. The van der Waals surface area contributed by atoms with Gasteiger partial charge in [-0.2, -0.15) is 0 Å². The molecule has 1 aromatic carbocycles. The molecule has 2 rings (SSSR count). The van der Waals surface area contributed by atoms with Gasteiger partial charge in [0, 0.05) is 5.92 Å². The highest BCUT2D eigenvalue weighted by Crippen LogP contribution is 2.25. The van der Waals surface area contributed by atoms with E-state index in [-0.39, 0.29) is 16.8 Å². The summed E-state index contributed by atoms with van der Waals surface area (Å²) in [6.45, 7) is 0. The summed E-state index contributed by atoms with van der Waals surface area (Å²) in [5, 5.41) is 2.96. The maximum absolute atomic E-state index is 12.8. The summed E-state index contributed by atoms with van der Waals surface area (Å²) < 4.78 is 12.8. The zero-order valence-electron chi connectivity index (χ0n) is 9.25. The smallest absolute Gasteiger partial charge is 0.227 e. The van der Waals surface area contributed by atoms with Gasteiger partial charge in [0.2, 0.25) is 5.91 Å². The summed E-state index contributed by atoms with van der Waals surface area (Å²) in [7, 11) is 0. The highest BCUT2D eigenvalue weighted by Gasteiger charge is 2.19. The molecule has 1 N–H and O–H groups in total. The number of carbonyl (C=O) groups is 1. The van der Waals surface area contributed by atoms with E-state index in [9.17, 15) is 9.18 Å². The van der Waals surface area contributed by atoms with E-state index in [4.69, 9.17) is 11.6 Å². The molecule has 1 amide bonds. The van der Waals surface area contributed by atoms with E-state index in [1.165, 1.54) is 18.2 Å². The van der Waals surface area contributed by atoms with Crippen LogP contribution >= 0.6 is 11.6 Å². The summed E-state index contributed by atoms with van der Waals surface area (Å²) in [5.41, 5.74) is 0.465. The lowest BCUT2D eigenvalue weighted by Crippen LogP contribution is -2.23. The number of carbonyl (C=O) groups excluding carboxylic acids is 1. The van der Waals surface area contributed by atoms with Gasteiger partial charge in [-0.25, -0.2) is 4.39 Å². The second-order valence-electron chi connectivity index (χ2n) is 4.09. The van der Waals surface area contributed by atoms with Crippen molar-refractivity contribution in [3.05, 3.63) is 41.2 Å². The van der Waals surface area contributed by atoms with Gasteiger partial charge in [0.1, 0.15) is 5.82 Å². The molecule has 2 nitrogen and oxygen atoms in total. The van der Waals surface area contributed by atoms with Gasteiger partial charge in [-0.05, 0) is 37.5 Å². The van der Waals surface area contributed by atoms with E-state index in [0.717, 1.165) is 19.3 Å². The monoisotopic (exact) mass is 253 g/mol. The van der Waals surface area contributed by atoms with Crippen molar-refractivity contribution >= 4 is 23.2 Å². The molecule has 1 aliphatic rings. The van der Waals surface area contributed by atoms with E-state index >= 15 is 0 Å². The molecule has 4 heteroatoms. The molecule has 1 atom stereocenters. The Morgan fingerprint density at radius 2 is 2.24 bits per heavy atom. The van der Waals surface area contributed by atoms with E-state index in [1.54, 1.807) is 0 Å². The lowest BCUT2D eigenvalue weighted by Gasteiger charge is -2.17. The first-order valence-corrected chi connectivity index (χ1v) is 5.95. The van der Waals surface area contributed by atoms with Crippen LogP contribution in [0.15, 0.2) is 30.4 Å². The van der Waals surface area contributed by atoms with Crippen LogP contribution in [0.25, 0.3) is 0 Å². The summed E-state index contributed by atoms with van der Waals surface area (Å²) in [4.78, 5) is 11.9. The van der Waals surface area contributed by atoms with Crippen molar-refractivity contribution in [3.8, 4) is 0 Å². The Morgan fingerprint density at radius 3 is 2.88 bits per heavy atom. The van der Waals surface area contributed by atoms with Crippen LogP contribution in [0.1, 0.15) is 19.3 Å². The van der Waals surface area contributed by atoms with E-state index in [2.05, 4.69) is 11.4 Å². The number of allylic oxidation sites excluding steroid dienone is 2. The zero-order chi connectivity index (χ0) is 12.3. The maximum Gasteiger partial charge on any atom is 0.227 e. The standard InChI is InChI=1S/C13H13ClFNO/c14-11-8-10(15)6-7-12(11)16-13(17)9-4-2-1-3-5-9/h1-2,6-9H,3-5H2,(H,16,17)/t9-/m1/s1. The molecule has 0 aliphatic heterocycles. The highest BCUT2D eigenvalue weighted by atomic mass is 35.5. The third-order valence-electron chi connectivity index (χ3n) is 2.83. The van der Waals surface area contributed by atoms with Crippen LogP contribution < -0.4 is 5.32 Å². The molecule has 90 valence electrons. The average molecular weight is 254 g/mol. The predicted molar refractivity (Wildman–Crippen MR) is 66.5 cm³/mol. The minimum atomic E-state index is -0.409. The lowest BCUT2D eigenvalue weighted by atomic mass is 9.93. The highest BCUT2D eigenvalue weighted by molar-refractivity contribution is 6.33. The number of rotatable bonds is 2. The molecule has 1 aromatic rings. The summed E-state index contributed by atoms with van der Waals surface area (Å²) in [5.74, 6) is -0.474. The Balaban J connectivity index is 2.05. The number of nitrogens with one attached hydrogen (secondary N) is 1. The topological polar surface area (TPSA) is 29.1 Å². The average Bonchev–Trinajstić information content (AvgIpc) is 2.34. The molecule has 0 aromatic heterocycles. The van der Waals surface area contributed by atoms with Gasteiger partial charge in [-0.1, -0.05) is 23.8 Å². The maximum atomic E-state index is 12.8. The van der Waals surface area contributed by atoms with Crippen molar-refractivity contribution in [3.63, 3.8) is 0 Å². The van der Waals surface area contributed by atoms with Crippen molar-refractivity contribution < 1.29 is 9.18 Å². The first-order valence-electron chi connectivity index (χ1n) is 5.58. The SMILES string of the molecule is O=C(Nc1ccc(F)cc1Cl)[C@@H]1CC=CCC1. The minimum absolute atomic E-state index is 0.0129. The van der Waals surface area contributed by atoms with Crippen LogP contribution in [0.4, 0.5) is 10.1 Å². The lowest BCUT2D eigenvalue weighted by molar-refractivity contribution is -0.120. The Bertz CT molecular complexity index is 459. The van der Waals surface area contributed by atoms with Gasteiger partial charge >= 0.3 is 0 Å². The number of anilines is 1. The second kappa shape index (κ2) is 5.32. The Labute approximate surface area is 104 Å². The van der Waals surface area contributed by atoms with Crippen LogP contribution in [-0.4, -0.2) is 5.91 Å². The van der Waals surface area contributed by atoms with Crippen molar-refractivity contribution in [2.75, 3.05) is 5.32 Å². The largest absolute Gasteiger partial charge is 0.325 e. The van der Waals surface area contributed by atoms with Gasteiger partial charge in [0.25, 0.3) is 0 Å². The fraction of sp³-hybridized carbons (Fsp3) is 0.308. The van der Waals surface area contributed by atoms with E-state index < -0.39 is 5.82 Å². The number of hydrogen-bond acceptors (Lipinski definition) is 1. The normalized spacial score (nSPS) is 19.1. The summed E-state index contributed by atoms with van der Waals surface area (Å²) >= 11 is 5.84. The van der Waals surface area contributed by atoms with Crippen molar-refractivity contribution in [1.29, 1.82) is 0 Å². The Morgan fingerprint density at radius 1 is 1.41 bits per heavy atom. The molecule has 17 heavy (non-hydrogen) atoms. The molecule has 0 heterocycles. The fourth-order valence-electron chi connectivity index (χ4n) is 1.86.